The summed E-state index contributed by atoms with van der Waals surface area (Å²) in [7, 11) is 0. The van der Waals surface area contributed by atoms with E-state index in [1.54, 1.807) is 45.3 Å². The molecule has 8 heteroatoms. The van der Waals surface area contributed by atoms with E-state index >= 15 is 0 Å². The van der Waals surface area contributed by atoms with E-state index in [0.29, 0.717) is 0 Å². The van der Waals surface area contributed by atoms with E-state index < -0.39 is 0 Å². The van der Waals surface area contributed by atoms with Gasteiger partial charge in [0.1, 0.15) is 0 Å². The number of fused-ring (bicyclic) bond motifs is 3. The molecule has 0 amide bonds. The zero-order valence-corrected chi connectivity index (χ0v) is 29.5. The molecule has 236 valence electrons. The molecule has 0 fully saturated rings. The molecule has 0 aliphatic carbocycles. The Morgan fingerprint density at radius 2 is 0.740 bits per heavy atom. The van der Waals surface area contributed by atoms with E-state index in [2.05, 4.69) is 120 Å². The van der Waals surface area contributed by atoms with Gasteiger partial charge in [-0.2, -0.15) is 0 Å². The predicted octanol–water partition coefficient (Wildman–Crippen LogP) is 13.0. The quantitative estimate of drug-likeness (QED) is 0.172. The van der Waals surface area contributed by atoms with Crippen LogP contribution in [0.1, 0.15) is 0 Å². The van der Waals surface area contributed by atoms with E-state index in [4.69, 9.17) is 19.9 Å². The zero-order chi connectivity index (χ0) is 33.0. The van der Waals surface area contributed by atoms with Crippen LogP contribution in [0, 0.1) is 0 Å². The van der Waals surface area contributed by atoms with E-state index in [1.165, 1.54) is 51.8 Å². The van der Waals surface area contributed by atoms with Crippen molar-refractivity contribution >= 4 is 74.9 Å². The summed E-state index contributed by atoms with van der Waals surface area (Å²) in [6, 6.07) is 38.7. The van der Waals surface area contributed by atoms with Crippen LogP contribution < -0.4 is 0 Å². The van der Waals surface area contributed by atoms with Crippen LogP contribution in [-0.2, 0) is 0 Å². The number of nitrogens with zero attached hydrogens (tertiary/aromatic N) is 4. The molecular weight excluding hydrogens is 689 g/mol. The van der Waals surface area contributed by atoms with E-state index in [1.807, 2.05) is 24.8 Å². The highest BCUT2D eigenvalue weighted by atomic mass is 32.1. The maximum atomic E-state index is 4.74. The highest BCUT2D eigenvalue weighted by Gasteiger charge is 2.14. The summed E-state index contributed by atoms with van der Waals surface area (Å²) in [4.78, 5) is 21.3. The van der Waals surface area contributed by atoms with Crippen molar-refractivity contribution in [1.29, 1.82) is 0 Å². The average Bonchev–Trinajstić information content (AvgIpc) is 3.98. The van der Waals surface area contributed by atoms with E-state index in [9.17, 15) is 0 Å². The van der Waals surface area contributed by atoms with Crippen molar-refractivity contribution in [2.24, 2.45) is 0 Å². The second-order valence-corrected chi connectivity index (χ2v) is 16.0. The minimum Gasteiger partial charge on any atom is -0.236 e. The highest BCUT2D eigenvalue weighted by Crippen LogP contribution is 2.42. The number of hydrogen-bond acceptors (Lipinski definition) is 8. The molecule has 0 saturated carbocycles. The first kappa shape index (κ1) is 29.5. The Balaban J connectivity index is 0.839. The van der Waals surface area contributed by atoms with Gasteiger partial charge in [0.2, 0.25) is 0 Å². The highest BCUT2D eigenvalue weighted by molar-refractivity contribution is 7.31. The van der Waals surface area contributed by atoms with E-state index in [-0.39, 0.29) is 0 Å². The summed E-state index contributed by atoms with van der Waals surface area (Å²) in [5.74, 6) is 1.46. The second kappa shape index (κ2) is 12.2. The first-order valence-corrected chi connectivity index (χ1v) is 19.4. The maximum Gasteiger partial charge on any atom is 0.159 e. The van der Waals surface area contributed by atoms with Crippen molar-refractivity contribution in [1.82, 2.24) is 19.9 Å². The molecule has 50 heavy (non-hydrogen) atoms. The van der Waals surface area contributed by atoms with Crippen molar-refractivity contribution in [2.75, 3.05) is 0 Å². The topological polar surface area (TPSA) is 51.6 Å². The molecule has 4 nitrogen and oxygen atoms in total. The molecule has 6 aromatic heterocycles. The number of aromatic nitrogens is 4. The third-order valence-corrected chi connectivity index (χ3v) is 13.3. The standard InChI is InChI=1S/C42H24N4S4/c1-3-7-35-31(5-1)33(23-47-35)25-9-13-27(14-10-25)41-43-19-29(20-44-41)37-17-39-40(49-37)18-38(50-39)30-21-45-42(46-22-30)28-15-11-26(12-16-28)34-24-48-36-8-4-2-6-32(34)36/h1-24H. The Morgan fingerprint density at radius 3 is 1.16 bits per heavy atom. The van der Waals surface area contributed by atoms with Crippen LogP contribution in [0.15, 0.2) is 145 Å². The number of rotatable bonds is 6. The number of benzene rings is 4. The lowest BCUT2D eigenvalue weighted by Crippen LogP contribution is -1.89. The fourth-order valence-electron chi connectivity index (χ4n) is 6.33. The maximum absolute atomic E-state index is 4.74. The van der Waals surface area contributed by atoms with Crippen molar-refractivity contribution in [3.8, 4) is 65.9 Å². The summed E-state index contributed by atoms with van der Waals surface area (Å²) in [5, 5.41) is 7.05. The molecule has 0 aliphatic heterocycles. The Morgan fingerprint density at radius 1 is 0.360 bits per heavy atom. The third-order valence-electron chi connectivity index (χ3n) is 8.95. The van der Waals surface area contributed by atoms with Crippen LogP contribution in [0.3, 0.4) is 0 Å². The molecule has 6 heterocycles. The molecular formula is C42H24N4S4. The van der Waals surface area contributed by atoms with Gasteiger partial charge in [0.25, 0.3) is 0 Å². The van der Waals surface area contributed by atoms with Crippen molar-refractivity contribution < 1.29 is 0 Å². The first-order chi connectivity index (χ1) is 24.7. The molecule has 0 saturated heterocycles. The Bertz CT molecular complexity index is 2570. The van der Waals surface area contributed by atoms with Gasteiger partial charge in [0.05, 0.1) is 0 Å². The Kier molecular flexibility index (Phi) is 7.20. The number of hydrogen-bond donors (Lipinski definition) is 0. The molecule has 0 bridgehead atoms. The van der Waals surface area contributed by atoms with Crippen LogP contribution in [0.2, 0.25) is 0 Å². The molecule has 10 aromatic rings. The normalized spacial score (nSPS) is 11.6. The third kappa shape index (κ3) is 5.25. The molecule has 4 aromatic carbocycles. The average molecular weight is 713 g/mol. The predicted molar refractivity (Wildman–Crippen MR) is 214 cm³/mol. The van der Waals surface area contributed by atoms with Crippen LogP contribution in [0.25, 0.3) is 95.5 Å². The van der Waals surface area contributed by atoms with Gasteiger partial charge >= 0.3 is 0 Å². The van der Waals surface area contributed by atoms with Crippen LogP contribution >= 0.6 is 45.3 Å². The molecule has 0 unspecified atom stereocenters. The zero-order valence-electron chi connectivity index (χ0n) is 26.3. The molecule has 10 rings (SSSR count). The smallest absolute Gasteiger partial charge is 0.159 e. The van der Waals surface area contributed by atoms with Gasteiger partial charge < -0.3 is 0 Å². The van der Waals surface area contributed by atoms with Crippen molar-refractivity contribution in [3.05, 3.63) is 145 Å². The van der Waals surface area contributed by atoms with Gasteiger partial charge in [-0.05, 0) is 46.2 Å². The van der Waals surface area contributed by atoms with Crippen molar-refractivity contribution in [2.45, 2.75) is 0 Å². The monoisotopic (exact) mass is 712 g/mol. The van der Waals surface area contributed by atoms with Crippen LogP contribution in [-0.4, -0.2) is 19.9 Å². The Hall–Kier alpha value is -5.38. The summed E-state index contributed by atoms with van der Waals surface area (Å²) in [5.41, 5.74) is 9.01. The van der Waals surface area contributed by atoms with Crippen LogP contribution in [0.4, 0.5) is 0 Å². The molecule has 0 atom stereocenters. The van der Waals surface area contributed by atoms with Gasteiger partial charge in [-0.1, -0.05) is 84.9 Å². The lowest BCUT2D eigenvalue weighted by molar-refractivity contribution is 1.18. The van der Waals surface area contributed by atoms with Gasteiger partial charge in [0.15, 0.2) is 11.6 Å². The largest absolute Gasteiger partial charge is 0.236 e. The summed E-state index contributed by atoms with van der Waals surface area (Å²) in [6.07, 6.45) is 7.72. The SMILES string of the molecule is c1ccc2c(-c3ccc(-c4ncc(-c5cc6sc(-c7cnc(-c8ccc(-c9csc%10ccccc9%10)cc8)nc7)cc6s5)cn4)cc3)csc2c1. The van der Waals surface area contributed by atoms with Gasteiger partial charge in [-0.3, -0.25) is 0 Å². The molecule has 0 spiro atoms. The molecule has 0 aliphatic rings. The molecule has 0 N–H and O–H groups in total. The molecule has 0 radical (unpaired) electrons. The van der Waals surface area contributed by atoms with Crippen molar-refractivity contribution in [3.63, 3.8) is 0 Å². The second-order valence-electron chi connectivity index (χ2n) is 12.0. The minimum absolute atomic E-state index is 0.728. The lowest BCUT2D eigenvalue weighted by Gasteiger charge is -2.04. The van der Waals surface area contributed by atoms with Gasteiger partial charge in [-0.25, -0.2) is 19.9 Å². The summed E-state index contributed by atoms with van der Waals surface area (Å²) in [6.45, 7) is 0. The lowest BCUT2D eigenvalue weighted by atomic mass is 10.0. The summed E-state index contributed by atoms with van der Waals surface area (Å²) < 4.78 is 5.09. The minimum atomic E-state index is 0.728. The van der Waals surface area contributed by atoms with E-state index in [0.717, 1.165) is 43.7 Å². The van der Waals surface area contributed by atoms with Gasteiger partial charge in [0, 0.05) is 97.5 Å². The summed E-state index contributed by atoms with van der Waals surface area (Å²) >= 11 is 7.09. The van der Waals surface area contributed by atoms with Crippen LogP contribution in [0.5, 0.6) is 0 Å². The fraction of sp³-hybridized carbons (Fsp3) is 0. The fourth-order valence-corrected chi connectivity index (χ4v) is 10.6. The first-order valence-electron chi connectivity index (χ1n) is 16.1. The number of thiophene rings is 4. The van der Waals surface area contributed by atoms with Gasteiger partial charge in [-0.15, -0.1) is 45.3 Å². The Labute approximate surface area is 303 Å².